The normalized spacial score (nSPS) is 29.4. The second-order valence-corrected chi connectivity index (χ2v) is 7.01. The van der Waals surface area contributed by atoms with Crippen molar-refractivity contribution >= 4 is 0 Å². The molecule has 1 aliphatic carbocycles. The van der Waals surface area contributed by atoms with Crippen molar-refractivity contribution in [2.75, 3.05) is 6.61 Å². The third-order valence-corrected chi connectivity index (χ3v) is 5.51. The first-order chi connectivity index (χ1) is 11.8. The molecule has 0 radical (unpaired) electrons. The summed E-state index contributed by atoms with van der Waals surface area (Å²) in [4.78, 5) is 0. The van der Waals surface area contributed by atoms with Gasteiger partial charge in [0.1, 0.15) is 0 Å². The third-order valence-electron chi connectivity index (χ3n) is 5.51. The van der Waals surface area contributed by atoms with Crippen molar-refractivity contribution in [3.63, 3.8) is 0 Å². The van der Waals surface area contributed by atoms with Crippen LogP contribution in [0, 0.1) is 5.92 Å². The van der Waals surface area contributed by atoms with Gasteiger partial charge in [0, 0.05) is 18.5 Å². The van der Waals surface area contributed by atoms with E-state index in [-0.39, 0.29) is 6.10 Å². The van der Waals surface area contributed by atoms with Crippen LogP contribution in [-0.2, 0) is 11.3 Å². The van der Waals surface area contributed by atoms with Gasteiger partial charge < -0.3 is 15.2 Å². The van der Waals surface area contributed by atoms with Gasteiger partial charge in [-0.1, -0.05) is 54.6 Å². The lowest BCUT2D eigenvalue weighted by Gasteiger charge is -2.43. The summed E-state index contributed by atoms with van der Waals surface area (Å²) in [6.45, 7) is 1.33. The van der Waals surface area contributed by atoms with Gasteiger partial charge in [-0.3, -0.25) is 0 Å². The van der Waals surface area contributed by atoms with Crippen molar-refractivity contribution < 1.29 is 9.84 Å². The Labute approximate surface area is 143 Å². The molecule has 0 aromatic heterocycles. The van der Waals surface area contributed by atoms with Gasteiger partial charge in [-0.15, -0.1) is 0 Å². The first kappa shape index (κ1) is 15.8. The van der Waals surface area contributed by atoms with E-state index in [0.29, 0.717) is 24.7 Å². The zero-order valence-electron chi connectivity index (χ0n) is 13.9. The maximum atomic E-state index is 10.3. The minimum absolute atomic E-state index is 0.321. The highest BCUT2D eigenvalue weighted by molar-refractivity contribution is 5.67. The maximum absolute atomic E-state index is 10.3. The summed E-state index contributed by atoms with van der Waals surface area (Å²) in [5.41, 5.74) is 3.85. The van der Waals surface area contributed by atoms with Crippen LogP contribution in [0.1, 0.15) is 24.8 Å². The standard InChI is InChI=1S/C21H25NO2/c23-21-14-24-17-10-11-20(19(21)12-17)22-13-16-8-4-5-9-18(16)15-6-2-1-3-7-15/h1-9,17,19-23H,10-14H2/t17-,19-,20+,21-/m0/s1. The molecule has 2 aliphatic rings. The number of hydrogen-bond donors (Lipinski definition) is 2. The number of fused-ring (bicyclic) bond motifs is 2. The van der Waals surface area contributed by atoms with Crippen molar-refractivity contribution in [1.82, 2.24) is 5.32 Å². The molecule has 2 bridgehead atoms. The minimum Gasteiger partial charge on any atom is -0.390 e. The second kappa shape index (κ2) is 7.06. The number of benzene rings is 2. The molecule has 3 nitrogen and oxygen atoms in total. The Balaban J connectivity index is 1.48. The molecule has 4 rings (SSSR count). The van der Waals surface area contributed by atoms with Crippen LogP contribution in [0.3, 0.4) is 0 Å². The van der Waals surface area contributed by atoms with Crippen molar-refractivity contribution in [2.24, 2.45) is 5.92 Å². The summed E-state index contributed by atoms with van der Waals surface area (Å²) in [7, 11) is 0. The minimum atomic E-state index is -0.330. The quantitative estimate of drug-likeness (QED) is 0.906. The molecular weight excluding hydrogens is 298 g/mol. The van der Waals surface area contributed by atoms with Gasteiger partial charge >= 0.3 is 0 Å². The fourth-order valence-corrected chi connectivity index (χ4v) is 4.17. The molecule has 2 N–H and O–H groups in total. The van der Waals surface area contributed by atoms with Crippen molar-refractivity contribution in [2.45, 2.75) is 44.1 Å². The average molecular weight is 323 g/mol. The van der Waals surface area contributed by atoms with Crippen molar-refractivity contribution in [3.8, 4) is 11.1 Å². The first-order valence-electron chi connectivity index (χ1n) is 8.97. The van der Waals surface area contributed by atoms with Crippen LogP contribution in [0.15, 0.2) is 54.6 Å². The lowest BCUT2D eigenvalue weighted by atomic mass is 9.77. The lowest BCUT2D eigenvalue weighted by molar-refractivity contribution is -0.118. The smallest absolute Gasteiger partial charge is 0.0817 e. The number of hydrogen-bond acceptors (Lipinski definition) is 3. The van der Waals surface area contributed by atoms with E-state index in [0.717, 1.165) is 25.8 Å². The van der Waals surface area contributed by atoms with Crippen molar-refractivity contribution in [3.05, 3.63) is 60.2 Å². The highest BCUT2D eigenvalue weighted by atomic mass is 16.5. The van der Waals surface area contributed by atoms with Crippen LogP contribution in [-0.4, -0.2) is 30.0 Å². The SMILES string of the molecule is O[C@H]1CO[C@H]2CC[C@@H](NCc3ccccc3-c3ccccc3)[C@@H]1C2. The summed E-state index contributed by atoms with van der Waals surface area (Å²) in [6.07, 6.45) is 3.19. The van der Waals surface area contributed by atoms with Crippen LogP contribution >= 0.6 is 0 Å². The predicted octanol–water partition coefficient (Wildman–Crippen LogP) is 3.37. The zero-order valence-corrected chi connectivity index (χ0v) is 13.9. The summed E-state index contributed by atoms with van der Waals surface area (Å²) in [5, 5.41) is 14.0. The van der Waals surface area contributed by atoms with E-state index in [9.17, 15) is 5.11 Å². The third kappa shape index (κ3) is 3.25. The molecule has 4 atom stereocenters. The van der Waals surface area contributed by atoms with Gasteiger partial charge in [-0.2, -0.15) is 0 Å². The van der Waals surface area contributed by atoms with Crippen LogP contribution in [0.25, 0.3) is 11.1 Å². The van der Waals surface area contributed by atoms with Gasteiger partial charge in [0.25, 0.3) is 0 Å². The zero-order chi connectivity index (χ0) is 16.4. The van der Waals surface area contributed by atoms with E-state index in [1.807, 2.05) is 0 Å². The number of ether oxygens (including phenoxy) is 1. The Kier molecular flexibility index (Phi) is 4.65. The molecule has 1 aliphatic heterocycles. The van der Waals surface area contributed by atoms with Crippen molar-refractivity contribution in [1.29, 1.82) is 0 Å². The lowest BCUT2D eigenvalue weighted by Crippen LogP contribution is -2.52. The van der Waals surface area contributed by atoms with Gasteiger partial charge in [0.15, 0.2) is 0 Å². The predicted molar refractivity (Wildman–Crippen MR) is 95.6 cm³/mol. The molecule has 1 saturated heterocycles. The van der Waals surface area contributed by atoms with Crippen LogP contribution in [0.4, 0.5) is 0 Å². The Morgan fingerprint density at radius 1 is 1.00 bits per heavy atom. The summed E-state index contributed by atoms with van der Waals surface area (Å²) < 4.78 is 5.67. The van der Waals surface area contributed by atoms with Gasteiger partial charge in [-0.05, 0) is 36.0 Å². The van der Waals surface area contributed by atoms with Crippen LogP contribution in [0.5, 0.6) is 0 Å². The Morgan fingerprint density at radius 2 is 1.79 bits per heavy atom. The average Bonchev–Trinajstić information content (AvgIpc) is 2.65. The maximum Gasteiger partial charge on any atom is 0.0817 e. The molecule has 0 amide bonds. The van der Waals surface area contributed by atoms with Gasteiger partial charge in [0.05, 0.1) is 18.8 Å². The van der Waals surface area contributed by atoms with E-state index in [1.165, 1.54) is 16.7 Å². The summed E-state index contributed by atoms with van der Waals surface area (Å²) >= 11 is 0. The highest BCUT2D eigenvalue weighted by Crippen LogP contribution is 2.34. The molecular formula is C21H25NO2. The Morgan fingerprint density at radius 3 is 2.67 bits per heavy atom. The van der Waals surface area contributed by atoms with Gasteiger partial charge in [-0.25, -0.2) is 0 Å². The highest BCUT2D eigenvalue weighted by Gasteiger charge is 2.39. The van der Waals surface area contributed by atoms with Crippen LogP contribution in [0.2, 0.25) is 0 Å². The Hall–Kier alpha value is -1.68. The molecule has 126 valence electrons. The van der Waals surface area contributed by atoms with E-state index >= 15 is 0 Å². The molecule has 3 heteroatoms. The molecule has 1 saturated carbocycles. The fourth-order valence-electron chi connectivity index (χ4n) is 4.17. The largest absolute Gasteiger partial charge is 0.390 e. The van der Waals surface area contributed by atoms with E-state index in [2.05, 4.69) is 59.9 Å². The number of nitrogens with one attached hydrogen (secondary N) is 1. The molecule has 2 aromatic carbocycles. The molecule has 24 heavy (non-hydrogen) atoms. The fraction of sp³-hybridized carbons (Fsp3) is 0.429. The van der Waals surface area contributed by atoms with E-state index in [4.69, 9.17) is 4.74 Å². The molecule has 0 spiro atoms. The molecule has 2 fully saturated rings. The molecule has 0 unspecified atom stereocenters. The number of aliphatic hydroxyl groups is 1. The molecule has 1 heterocycles. The van der Waals surface area contributed by atoms with E-state index < -0.39 is 0 Å². The number of rotatable bonds is 4. The first-order valence-corrected chi connectivity index (χ1v) is 8.97. The molecule has 2 aromatic rings. The Bertz CT molecular complexity index is 673. The second-order valence-electron chi connectivity index (χ2n) is 7.01. The topological polar surface area (TPSA) is 41.5 Å². The summed E-state index contributed by atoms with van der Waals surface area (Å²) in [5.74, 6) is 0.321. The summed E-state index contributed by atoms with van der Waals surface area (Å²) in [6, 6.07) is 19.5. The van der Waals surface area contributed by atoms with Gasteiger partial charge in [0.2, 0.25) is 0 Å². The van der Waals surface area contributed by atoms with E-state index in [1.54, 1.807) is 0 Å². The monoisotopic (exact) mass is 323 g/mol. The van der Waals surface area contributed by atoms with Crippen LogP contribution < -0.4 is 5.32 Å². The number of aliphatic hydroxyl groups excluding tert-OH is 1.